The van der Waals surface area contributed by atoms with Crippen LogP contribution in [0.3, 0.4) is 0 Å². The monoisotopic (exact) mass is 425 g/mol. The van der Waals surface area contributed by atoms with E-state index in [2.05, 4.69) is 15.5 Å². The molecule has 0 fully saturated rings. The maximum absolute atomic E-state index is 13.2. The van der Waals surface area contributed by atoms with E-state index in [0.717, 1.165) is 21.1 Å². The number of rotatable bonds is 5. The van der Waals surface area contributed by atoms with Gasteiger partial charge in [0.2, 0.25) is 0 Å². The van der Waals surface area contributed by atoms with E-state index in [1.165, 1.54) is 12.5 Å². The normalized spacial score (nSPS) is 11.0. The van der Waals surface area contributed by atoms with Crippen molar-refractivity contribution in [2.75, 3.05) is 12.0 Å². The first kappa shape index (κ1) is 19.5. The standard InChI is InChI=1S/C24H19N5O3/c1-2-32-20-13-12-16-8-6-7-11-18(16)21(20)23(30)27-28-15-25-22-19(24(28)31)14-26-29(22)17-9-4-3-5-10-17/h3-15H,2H2,1H3,(H,27,30). The van der Waals surface area contributed by atoms with Crippen molar-refractivity contribution in [3.8, 4) is 11.4 Å². The molecular weight excluding hydrogens is 406 g/mol. The second kappa shape index (κ2) is 7.99. The molecule has 0 bridgehead atoms. The Morgan fingerprint density at radius 2 is 1.78 bits per heavy atom. The summed E-state index contributed by atoms with van der Waals surface area (Å²) in [6, 6.07) is 20.6. The molecule has 1 amide bonds. The Balaban J connectivity index is 1.56. The number of fused-ring (bicyclic) bond motifs is 2. The van der Waals surface area contributed by atoms with Crippen LogP contribution < -0.4 is 15.7 Å². The summed E-state index contributed by atoms with van der Waals surface area (Å²) in [6.45, 7) is 2.26. The number of aromatic nitrogens is 4. The summed E-state index contributed by atoms with van der Waals surface area (Å²) in [7, 11) is 0. The third-order valence-corrected chi connectivity index (χ3v) is 5.13. The van der Waals surface area contributed by atoms with Crippen LogP contribution in [0.15, 0.2) is 84.0 Å². The molecule has 0 atom stereocenters. The Labute approximate surface area is 182 Å². The Morgan fingerprint density at radius 1 is 1.00 bits per heavy atom. The lowest BCUT2D eigenvalue weighted by Gasteiger charge is -2.14. The van der Waals surface area contributed by atoms with Crippen LogP contribution in [-0.4, -0.2) is 32.0 Å². The molecule has 0 saturated carbocycles. The van der Waals surface area contributed by atoms with E-state index in [-0.39, 0.29) is 0 Å². The van der Waals surface area contributed by atoms with Gasteiger partial charge in [-0.3, -0.25) is 15.0 Å². The number of carbonyl (C=O) groups excluding carboxylic acids is 1. The minimum absolute atomic E-state index is 0.291. The van der Waals surface area contributed by atoms with Crippen LogP contribution in [0, 0.1) is 0 Å². The summed E-state index contributed by atoms with van der Waals surface area (Å²) in [5.74, 6) is -0.0216. The summed E-state index contributed by atoms with van der Waals surface area (Å²) < 4.78 is 8.33. The second-order valence-corrected chi connectivity index (χ2v) is 7.08. The molecule has 8 nitrogen and oxygen atoms in total. The smallest absolute Gasteiger partial charge is 0.283 e. The molecule has 158 valence electrons. The third kappa shape index (κ3) is 3.27. The van der Waals surface area contributed by atoms with E-state index in [4.69, 9.17) is 4.74 Å². The first-order valence-electron chi connectivity index (χ1n) is 10.1. The molecule has 5 aromatic rings. The van der Waals surface area contributed by atoms with Gasteiger partial charge >= 0.3 is 0 Å². The predicted octanol–water partition coefficient (Wildman–Crippen LogP) is 3.52. The minimum atomic E-state index is -0.469. The molecule has 8 heteroatoms. The van der Waals surface area contributed by atoms with Crippen LogP contribution in [-0.2, 0) is 0 Å². The number of hydrogen-bond acceptors (Lipinski definition) is 5. The molecule has 0 unspecified atom stereocenters. The van der Waals surface area contributed by atoms with Crippen molar-refractivity contribution in [1.82, 2.24) is 19.4 Å². The van der Waals surface area contributed by atoms with E-state index >= 15 is 0 Å². The van der Waals surface area contributed by atoms with Crippen molar-refractivity contribution in [2.45, 2.75) is 6.92 Å². The summed E-state index contributed by atoms with van der Waals surface area (Å²) in [5, 5.41) is 6.21. The molecule has 5 rings (SSSR count). The number of carbonyl (C=O) groups is 1. The van der Waals surface area contributed by atoms with Gasteiger partial charge < -0.3 is 4.74 Å². The van der Waals surface area contributed by atoms with Crippen molar-refractivity contribution in [3.05, 3.63) is 95.2 Å². The van der Waals surface area contributed by atoms with E-state index in [0.29, 0.717) is 29.0 Å². The van der Waals surface area contributed by atoms with Crippen molar-refractivity contribution in [1.29, 1.82) is 0 Å². The molecule has 2 aromatic heterocycles. The quantitative estimate of drug-likeness (QED) is 0.465. The number of nitrogens with one attached hydrogen (secondary N) is 1. The molecular formula is C24H19N5O3. The van der Waals surface area contributed by atoms with Crippen molar-refractivity contribution in [3.63, 3.8) is 0 Å². The van der Waals surface area contributed by atoms with Crippen LogP contribution in [0.4, 0.5) is 0 Å². The number of ether oxygens (including phenoxy) is 1. The van der Waals surface area contributed by atoms with Gasteiger partial charge in [-0.05, 0) is 35.9 Å². The number of benzene rings is 3. The van der Waals surface area contributed by atoms with Crippen LogP contribution in [0.25, 0.3) is 27.5 Å². The van der Waals surface area contributed by atoms with Crippen LogP contribution in [0.1, 0.15) is 17.3 Å². The van der Waals surface area contributed by atoms with Gasteiger partial charge in [-0.15, -0.1) is 0 Å². The highest BCUT2D eigenvalue weighted by Crippen LogP contribution is 2.28. The van der Waals surface area contributed by atoms with E-state index in [9.17, 15) is 9.59 Å². The Kier molecular flexibility index (Phi) is 4.87. The maximum Gasteiger partial charge on any atom is 0.283 e. The second-order valence-electron chi connectivity index (χ2n) is 7.08. The maximum atomic E-state index is 13.2. The van der Waals surface area contributed by atoms with E-state index < -0.39 is 11.5 Å². The van der Waals surface area contributed by atoms with Crippen molar-refractivity contribution in [2.24, 2.45) is 0 Å². The number of para-hydroxylation sites is 1. The topological polar surface area (TPSA) is 91.0 Å². The SMILES string of the molecule is CCOc1ccc2ccccc2c1C(=O)Nn1cnc2c(cnn2-c2ccccc2)c1=O. The largest absolute Gasteiger partial charge is 0.493 e. The molecule has 0 aliphatic rings. The molecule has 0 aliphatic carbocycles. The van der Waals surface area contributed by atoms with Gasteiger partial charge in [-0.2, -0.15) is 5.10 Å². The Hall–Kier alpha value is -4.46. The highest BCUT2D eigenvalue weighted by molar-refractivity contribution is 6.12. The van der Waals surface area contributed by atoms with E-state index in [1.54, 1.807) is 10.7 Å². The average Bonchev–Trinajstić information content (AvgIpc) is 3.26. The number of amides is 1. The van der Waals surface area contributed by atoms with Gasteiger partial charge in [0, 0.05) is 0 Å². The lowest BCUT2D eigenvalue weighted by atomic mass is 10.0. The third-order valence-electron chi connectivity index (χ3n) is 5.13. The summed E-state index contributed by atoms with van der Waals surface area (Å²) in [4.78, 5) is 30.6. The highest BCUT2D eigenvalue weighted by Gasteiger charge is 2.19. The number of nitrogens with zero attached hydrogens (tertiary/aromatic N) is 4. The van der Waals surface area contributed by atoms with Crippen LogP contribution in [0.2, 0.25) is 0 Å². The minimum Gasteiger partial charge on any atom is -0.493 e. The molecule has 1 N–H and O–H groups in total. The molecule has 0 aliphatic heterocycles. The fourth-order valence-electron chi connectivity index (χ4n) is 3.68. The summed E-state index contributed by atoms with van der Waals surface area (Å²) in [5.41, 5.74) is 3.77. The zero-order chi connectivity index (χ0) is 22.1. The lowest BCUT2D eigenvalue weighted by Crippen LogP contribution is -2.33. The molecule has 32 heavy (non-hydrogen) atoms. The van der Waals surface area contributed by atoms with Gasteiger partial charge in [0.05, 0.1) is 24.1 Å². The zero-order valence-electron chi connectivity index (χ0n) is 17.2. The van der Waals surface area contributed by atoms with Gasteiger partial charge in [-0.25, -0.2) is 14.3 Å². The fraction of sp³-hybridized carbons (Fsp3) is 0.0833. The van der Waals surface area contributed by atoms with Crippen molar-refractivity contribution >= 4 is 27.7 Å². The molecule has 0 spiro atoms. The van der Waals surface area contributed by atoms with E-state index in [1.807, 2.05) is 67.6 Å². The Morgan fingerprint density at radius 3 is 2.59 bits per heavy atom. The Bertz CT molecular complexity index is 1510. The molecule has 0 saturated heterocycles. The van der Waals surface area contributed by atoms with Crippen LogP contribution in [0.5, 0.6) is 5.75 Å². The first-order chi connectivity index (χ1) is 15.7. The van der Waals surface area contributed by atoms with Gasteiger partial charge in [-0.1, -0.05) is 48.5 Å². The average molecular weight is 425 g/mol. The molecule has 0 radical (unpaired) electrons. The zero-order valence-corrected chi connectivity index (χ0v) is 17.2. The van der Waals surface area contributed by atoms with Gasteiger partial charge in [0.1, 0.15) is 17.5 Å². The first-order valence-corrected chi connectivity index (χ1v) is 10.1. The predicted molar refractivity (Wildman–Crippen MR) is 122 cm³/mol. The lowest BCUT2D eigenvalue weighted by molar-refractivity contribution is 0.100. The van der Waals surface area contributed by atoms with Gasteiger partial charge in [0.15, 0.2) is 5.65 Å². The summed E-state index contributed by atoms with van der Waals surface area (Å²) in [6.07, 6.45) is 2.74. The number of hydrogen-bond donors (Lipinski definition) is 1. The molecule has 2 heterocycles. The van der Waals surface area contributed by atoms with Gasteiger partial charge in [0.25, 0.3) is 11.5 Å². The fourth-order valence-corrected chi connectivity index (χ4v) is 3.68. The van der Waals surface area contributed by atoms with Crippen molar-refractivity contribution < 1.29 is 9.53 Å². The summed E-state index contributed by atoms with van der Waals surface area (Å²) >= 11 is 0. The highest BCUT2D eigenvalue weighted by atomic mass is 16.5. The van der Waals surface area contributed by atoms with Crippen LogP contribution >= 0.6 is 0 Å². The molecule has 3 aromatic carbocycles.